The fourth-order valence-corrected chi connectivity index (χ4v) is 3.54. The average molecular weight is 314 g/mol. The molecule has 0 spiro atoms. The molecule has 0 saturated heterocycles. The molecule has 0 unspecified atom stereocenters. The van der Waals surface area contributed by atoms with Crippen LogP contribution < -0.4 is 0 Å². The Morgan fingerprint density at radius 3 is 1.88 bits per heavy atom. The molecule has 0 aromatic heterocycles. The number of rotatable bonds is 2. The Morgan fingerprint density at radius 1 is 0.792 bits per heavy atom. The predicted octanol–water partition coefficient (Wildman–Crippen LogP) is 6.24. The highest BCUT2D eigenvalue weighted by Gasteiger charge is 2.20. The van der Waals surface area contributed by atoms with E-state index in [1.54, 1.807) is 0 Å². The van der Waals surface area contributed by atoms with E-state index in [4.69, 9.17) is 0 Å². The third kappa shape index (κ3) is 4.39. The Balaban J connectivity index is 1.63. The summed E-state index contributed by atoms with van der Waals surface area (Å²) in [7, 11) is 0. The van der Waals surface area contributed by atoms with E-state index in [2.05, 4.69) is 86.4 Å². The van der Waals surface area contributed by atoms with Crippen molar-refractivity contribution in [1.29, 1.82) is 0 Å². The van der Waals surface area contributed by atoms with Crippen LogP contribution in [0.15, 0.2) is 60.7 Å². The standard InChI is InChI=1S/C24H26/c1-3-4-20-11-15-23(16-12-20)24-17-13-22(14-18-24)10-9-21-7-5-19(2)6-8-21/h3-8,13-14,17-18,20,23H,11-12,15-16H2,1-2H3. The third-order valence-electron chi connectivity index (χ3n) is 5.02. The summed E-state index contributed by atoms with van der Waals surface area (Å²) in [6.07, 6.45) is 9.84. The van der Waals surface area contributed by atoms with Crippen LogP contribution in [0.2, 0.25) is 0 Å². The first kappa shape index (κ1) is 16.6. The first-order chi connectivity index (χ1) is 11.7. The van der Waals surface area contributed by atoms with Crippen LogP contribution in [0.1, 0.15) is 60.8 Å². The van der Waals surface area contributed by atoms with Crippen molar-refractivity contribution in [3.05, 3.63) is 82.9 Å². The molecular weight excluding hydrogens is 288 g/mol. The first-order valence-corrected chi connectivity index (χ1v) is 9.06. The van der Waals surface area contributed by atoms with E-state index in [0.717, 1.165) is 23.0 Å². The SMILES string of the molecule is CC=CC1CCC(c2ccc(C#Cc3ccc(C)cc3)cc2)CC1. The van der Waals surface area contributed by atoms with Gasteiger partial charge in [-0.05, 0) is 81.2 Å². The molecule has 0 radical (unpaired) electrons. The van der Waals surface area contributed by atoms with Crippen LogP contribution in [0.25, 0.3) is 0 Å². The minimum atomic E-state index is 0.727. The van der Waals surface area contributed by atoms with E-state index in [0.29, 0.717) is 0 Å². The summed E-state index contributed by atoms with van der Waals surface area (Å²) in [6, 6.07) is 17.3. The van der Waals surface area contributed by atoms with Gasteiger partial charge in [0.05, 0.1) is 0 Å². The van der Waals surface area contributed by atoms with E-state index in [-0.39, 0.29) is 0 Å². The number of hydrogen-bond acceptors (Lipinski definition) is 0. The lowest BCUT2D eigenvalue weighted by Crippen LogP contribution is -2.11. The van der Waals surface area contributed by atoms with Crippen LogP contribution in [-0.4, -0.2) is 0 Å². The molecule has 1 fully saturated rings. The highest BCUT2D eigenvalue weighted by atomic mass is 14.2. The molecule has 1 aliphatic rings. The van der Waals surface area contributed by atoms with Gasteiger partial charge in [0, 0.05) is 11.1 Å². The second kappa shape index (κ2) is 8.02. The lowest BCUT2D eigenvalue weighted by Gasteiger charge is -2.27. The largest absolute Gasteiger partial charge is 0.0914 e. The molecule has 0 heteroatoms. The van der Waals surface area contributed by atoms with Crippen molar-refractivity contribution in [3.8, 4) is 11.8 Å². The van der Waals surface area contributed by atoms with Crippen molar-refractivity contribution in [3.63, 3.8) is 0 Å². The normalized spacial score (nSPS) is 20.6. The maximum atomic E-state index is 3.28. The quantitative estimate of drug-likeness (QED) is 0.454. The first-order valence-electron chi connectivity index (χ1n) is 9.06. The number of aryl methyl sites for hydroxylation is 1. The van der Waals surface area contributed by atoms with Gasteiger partial charge >= 0.3 is 0 Å². The molecule has 0 heterocycles. The lowest BCUT2D eigenvalue weighted by molar-refractivity contribution is 0.375. The monoisotopic (exact) mass is 314 g/mol. The van der Waals surface area contributed by atoms with Crippen LogP contribution in [0.4, 0.5) is 0 Å². The van der Waals surface area contributed by atoms with Gasteiger partial charge in [-0.1, -0.05) is 53.8 Å². The molecule has 2 aromatic carbocycles. The predicted molar refractivity (Wildman–Crippen MR) is 103 cm³/mol. The number of allylic oxidation sites excluding steroid dienone is 2. The summed E-state index contributed by atoms with van der Waals surface area (Å²) in [5.74, 6) is 8.05. The maximum Gasteiger partial charge on any atom is 0.0249 e. The minimum Gasteiger partial charge on any atom is -0.0914 e. The molecule has 0 amide bonds. The fraction of sp³-hybridized carbons (Fsp3) is 0.333. The van der Waals surface area contributed by atoms with Crippen molar-refractivity contribution >= 4 is 0 Å². The van der Waals surface area contributed by atoms with Crippen molar-refractivity contribution in [2.24, 2.45) is 5.92 Å². The Labute approximate surface area is 146 Å². The van der Waals surface area contributed by atoms with Crippen molar-refractivity contribution in [1.82, 2.24) is 0 Å². The van der Waals surface area contributed by atoms with Gasteiger partial charge in [0.15, 0.2) is 0 Å². The van der Waals surface area contributed by atoms with Crippen LogP contribution in [0.5, 0.6) is 0 Å². The molecule has 1 aliphatic carbocycles. The number of hydrogen-bond donors (Lipinski definition) is 0. The molecule has 2 aromatic rings. The van der Waals surface area contributed by atoms with Gasteiger partial charge in [-0.15, -0.1) is 0 Å². The zero-order chi connectivity index (χ0) is 16.8. The molecule has 0 N–H and O–H groups in total. The Morgan fingerprint density at radius 2 is 1.33 bits per heavy atom. The van der Waals surface area contributed by atoms with E-state index in [1.165, 1.54) is 36.8 Å². The van der Waals surface area contributed by atoms with Crippen LogP contribution in [0, 0.1) is 24.7 Å². The molecule has 0 aliphatic heterocycles. The topological polar surface area (TPSA) is 0 Å². The maximum absolute atomic E-state index is 3.28. The summed E-state index contributed by atoms with van der Waals surface area (Å²) in [6.45, 7) is 4.23. The van der Waals surface area contributed by atoms with Crippen LogP contribution in [0.3, 0.4) is 0 Å². The van der Waals surface area contributed by atoms with Gasteiger partial charge in [0.1, 0.15) is 0 Å². The molecular formula is C24H26. The third-order valence-corrected chi connectivity index (χ3v) is 5.02. The van der Waals surface area contributed by atoms with Gasteiger partial charge in [-0.25, -0.2) is 0 Å². The summed E-state index contributed by atoms with van der Waals surface area (Å²) in [4.78, 5) is 0. The molecule has 122 valence electrons. The van der Waals surface area contributed by atoms with E-state index >= 15 is 0 Å². The highest BCUT2D eigenvalue weighted by molar-refractivity contribution is 5.44. The van der Waals surface area contributed by atoms with Gasteiger partial charge in [-0.3, -0.25) is 0 Å². The molecule has 0 atom stereocenters. The van der Waals surface area contributed by atoms with Crippen LogP contribution >= 0.6 is 0 Å². The highest BCUT2D eigenvalue weighted by Crippen LogP contribution is 2.36. The van der Waals surface area contributed by atoms with Gasteiger partial charge in [-0.2, -0.15) is 0 Å². The molecule has 0 bridgehead atoms. The minimum absolute atomic E-state index is 0.727. The Hall–Kier alpha value is -2.26. The van der Waals surface area contributed by atoms with E-state index < -0.39 is 0 Å². The average Bonchev–Trinajstić information content (AvgIpc) is 2.63. The molecule has 3 rings (SSSR count). The summed E-state index contributed by atoms with van der Waals surface area (Å²) in [5.41, 5.74) is 4.93. The summed E-state index contributed by atoms with van der Waals surface area (Å²) >= 11 is 0. The Kier molecular flexibility index (Phi) is 5.55. The van der Waals surface area contributed by atoms with E-state index in [9.17, 15) is 0 Å². The summed E-state index contributed by atoms with van der Waals surface area (Å²) < 4.78 is 0. The molecule has 24 heavy (non-hydrogen) atoms. The van der Waals surface area contributed by atoms with Crippen molar-refractivity contribution in [2.75, 3.05) is 0 Å². The second-order valence-electron chi connectivity index (χ2n) is 6.88. The summed E-state index contributed by atoms with van der Waals surface area (Å²) in [5, 5.41) is 0. The number of benzene rings is 2. The van der Waals surface area contributed by atoms with Crippen molar-refractivity contribution in [2.45, 2.75) is 45.4 Å². The molecule has 1 saturated carbocycles. The van der Waals surface area contributed by atoms with Crippen molar-refractivity contribution < 1.29 is 0 Å². The van der Waals surface area contributed by atoms with E-state index in [1.807, 2.05) is 0 Å². The van der Waals surface area contributed by atoms with Gasteiger partial charge < -0.3 is 0 Å². The van der Waals surface area contributed by atoms with Gasteiger partial charge in [0.25, 0.3) is 0 Å². The fourth-order valence-electron chi connectivity index (χ4n) is 3.54. The molecule has 0 nitrogen and oxygen atoms in total. The van der Waals surface area contributed by atoms with Gasteiger partial charge in [0.2, 0.25) is 0 Å². The smallest absolute Gasteiger partial charge is 0.0249 e. The zero-order valence-electron chi connectivity index (χ0n) is 14.8. The zero-order valence-corrected chi connectivity index (χ0v) is 14.8. The lowest BCUT2D eigenvalue weighted by atomic mass is 9.78. The second-order valence-corrected chi connectivity index (χ2v) is 6.88. The van der Waals surface area contributed by atoms with Crippen LogP contribution in [-0.2, 0) is 0 Å². The Bertz CT molecular complexity index is 727.